The second-order valence-electron chi connectivity index (χ2n) is 2.62. The molecular formula is C7H12N4. The van der Waals surface area contributed by atoms with Crippen molar-refractivity contribution in [1.29, 1.82) is 0 Å². The van der Waals surface area contributed by atoms with Crippen LogP contribution in [0.2, 0.25) is 0 Å². The molecule has 0 saturated carbocycles. The first-order valence-corrected chi connectivity index (χ1v) is 3.38. The van der Waals surface area contributed by atoms with Gasteiger partial charge in [-0.2, -0.15) is 4.98 Å². The molecule has 0 unspecified atom stereocenters. The van der Waals surface area contributed by atoms with Gasteiger partial charge in [0, 0.05) is 25.9 Å². The maximum Gasteiger partial charge on any atom is 0.222 e. The SMILES string of the molecule is Cc1cc(N(C)C)nc(N)n1. The van der Waals surface area contributed by atoms with E-state index in [1.54, 1.807) is 0 Å². The maximum absolute atomic E-state index is 5.45. The number of anilines is 2. The molecule has 1 rings (SSSR count). The fourth-order valence-electron chi connectivity index (χ4n) is 0.804. The summed E-state index contributed by atoms with van der Waals surface area (Å²) >= 11 is 0. The zero-order chi connectivity index (χ0) is 8.43. The molecule has 60 valence electrons. The van der Waals surface area contributed by atoms with Crippen molar-refractivity contribution < 1.29 is 0 Å². The predicted octanol–water partition coefficient (Wildman–Crippen LogP) is 0.433. The molecule has 0 atom stereocenters. The molecule has 1 aromatic rings. The van der Waals surface area contributed by atoms with Crippen LogP contribution in [0.4, 0.5) is 11.8 Å². The van der Waals surface area contributed by atoms with Crippen LogP contribution in [-0.4, -0.2) is 24.1 Å². The van der Waals surface area contributed by atoms with E-state index in [2.05, 4.69) is 9.97 Å². The first-order chi connectivity index (χ1) is 5.09. The Morgan fingerprint density at radius 3 is 2.45 bits per heavy atom. The predicted molar refractivity (Wildman–Crippen MR) is 45.5 cm³/mol. The van der Waals surface area contributed by atoms with Crippen LogP contribution >= 0.6 is 0 Å². The smallest absolute Gasteiger partial charge is 0.222 e. The lowest BCUT2D eigenvalue weighted by Crippen LogP contribution is -2.12. The maximum atomic E-state index is 5.45. The van der Waals surface area contributed by atoms with E-state index in [1.807, 2.05) is 32.0 Å². The highest BCUT2D eigenvalue weighted by Crippen LogP contribution is 2.09. The molecule has 4 heteroatoms. The van der Waals surface area contributed by atoms with Gasteiger partial charge in [-0.3, -0.25) is 0 Å². The van der Waals surface area contributed by atoms with Crippen LogP contribution in [0.3, 0.4) is 0 Å². The van der Waals surface area contributed by atoms with Gasteiger partial charge < -0.3 is 10.6 Å². The highest BCUT2D eigenvalue weighted by atomic mass is 15.2. The number of nitrogens with two attached hydrogens (primary N) is 1. The van der Waals surface area contributed by atoms with E-state index < -0.39 is 0 Å². The minimum Gasteiger partial charge on any atom is -0.368 e. The summed E-state index contributed by atoms with van der Waals surface area (Å²) in [5, 5.41) is 0. The Morgan fingerprint density at radius 1 is 1.36 bits per heavy atom. The van der Waals surface area contributed by atoms with Crippen molar-refractivity contribution in [3.63, 3.8) is 0 Å². The molecule has 0 aliphatic heterocycles. The molecule has 0 aromatic carbocycles. The third-order valence-electron chi connectivity index (χ3n) is 1.32. The lowest BCUT2D eigenvalue weighted by atomic mass is 10.4. The molecule has 0 radical (unpaired) electrons. The molecule has 0 fully saturated rings. The van der Waals surface area contributed by atoms with Gasteiger partial charge in [-0.05, 0) is 6.92 Å². The summed E-state index contributed by atoms with van der Waals surface area (Å²) in [6.45, 7) is 1.89. The van der Waals surface area contributed by atoms with E-state index in [9.17, 15) is 0 Å². The summed E-state index contributed by atoms with van der Waals surface area (Å²) in [6, 6.07) is 1.89. The third kappa shape index (κ3) is 1.80. The first kappa shape index (κ1) is 7.78. The lowest BCUT2D eigenvalue weighted by Gasteiger charge is -2.11. The average Bonchev–Trinajstić information content (AvgIpc) is 1.85. The first-order valence-electron chi connectivity index (χ1n) is 3.38. The average molecular weight is 152 g/mol. The molecule has 1 heterocycles. The van der Waals surface area contributed by atoms with Crippen molar-refractivity contribution in [2.45, 2.75) is 6.92 Å². The Morgan fingerprint density at radius 2 is 2.00 bits per heavy atom. The molecule has 0 aliphatic carbocycles. The second-order valence-corrected chi connectivity index (χ2v) is 2.62. The topological polar surface area (TPSA) is 55.0 Å². The fraction of sp³-hybridized carbons (Fsp3) is 0.429. The number of hydrogen-bond donors (Lipinski definition) is 1. The van der Waals surface area contributed by atoms with Gasteiger partial charge >= 0.3 is 0 Å². The van der Waals surface area contributed by atoms with Gasteiger partial charge in [-0.1, -0.05) is 0 Å². The highest BCUT2D eigenvalue weighted by molar-refractivity contribution is 5.41. The Balaban J connectivity index is 3.08. The van der Waals surface area contributed by atoms with Gasteiger partial charge in [0.15, 0.2) is 0 Å². The number of hydrogen-bond acceptors (Lipinski definition) is 4. The summed E-state index contributed by atoms with van der Waals surface area (Å²) in [5.41, 5.74) is 6.34. The van der Waals surface area contributed by atoms with E-state index >= 15 is 0 Å². The molecule has 0 saturated heterocycles. The molecule has 0 amide bonds. The summed E-state index contributed by atoms with van der Waals surface area (Å²) < 4.78 is 0. The van der Waals surface area contributed by atoms with Crippen LogP contribution in [0.15, 0.2) is 6.07 Å². The highest BCUT2D eigenvalue weighted by Gasteiger charge is 1.99. The zero-order valence-corrected chi connectivity index (χ0v) is 7.00. The summed E-state index contributed by atoms with van der Waals surface area (Å²) in [5.74, 6) is 1.17. The summed E-state index contributed by atoms with van der Waals surface area (Å²) in [4.78, 5) is 9.88. The molecule has 1 aromatic heterocycles. The fourth-order valence-corrected chi connectivity index (χ4v) is 0.804. The monoisotopic (exact) mass is 152 g/mol. The number of rotatable bonds is 1. The summed E-state index contributed by atoms with van der Waals surface area (Å²) in [7, 11) is 3.84. The summed E-state index contributed by atoms with van der Waals surface area (Å²) in [6.07, 6.45) is 0. The van der Waals surface area contributed by atoms with Crippen molar-refractivity contribution in [3.8, 4) is 0 Å². The lowest BCUT2D eigenvalue weighted by molar-refractivity contribution is 1.02. The Kier molecular flexibility index (Phi) is 1.94. The van der Waals surface area contributed by atoms with E-state index in [-0.39, 0.29) is 0 Å². The largest absolute Gasteiger partial charge is 0.368 e. The minimum atomic E-state index is 0.328. The molecule has 11 heavy (non-hydrogen) atoms. The van der Waals surface area contributed by atoms with E-state index in [0.29, 0.717) is 5.95 Å². The van der Waals surface area contributed by atoms with Crippen molar-refractivity contribution in [2.24, 2.45) is 0 Å². The van der Waals surface area contributed by atoms with E-state index in [4.69, 9.17) is 5.73 Å². The van der Waals surface area contributed by atoms with Gasteiger partial charge in [0.1, 0.15) is 5.82 Å². The van der Waals surface area contributed by atoms with Crippen LogP contribution in [0.1, 0.15) is 5.69 Å². The van der Waals surface area contributed by atoms with Crippen LogP contribution in [0.25, 0.3) is 0 Å². The second kappa shape index (κ2) is 2.74. The van der Waals surface area contributed by atoms with Gasteiger partial charge in [-0.15, -0.1) is 0 Å². The molecule has 2 N–H and O–H groups in total. The Labute approximate surface area is 66.1 Å². The van der Waals surface area contributed by atoms with E-state index in [0.717, 1.165) is 11.5 Å². The van der Waals surface area contributed by atoms with Crippen LogP contribution < -0.4 is 10.6 Å². The normalized spacial score (nSPS) is 9.73. The van der Waals surface area contributed by atoms with Crippen molar-refractivity contribution >= 4 is 11.8 Å². The number of aromatic nitrogens is 2. The van der Waals surface area contributed by atoms with Gasteiger partial charge in [-0.25, -0.2) is 4.98 Å². The van der Waals surface area contributed by atoms with Crippen LogP contribution in [-0.2, 0) is 0 Å². The molecular weight excluding hydrogens is 140 g/mol. The standard InChI is InChI=1S/C7H12N4/c1-5-4-6(11(2)3)10-7(8)9-5/h4H,1-3H3,(H2,8,9,10). The Bertz CT molecular complexity index is 236. The quantitative estimate of drug-likeness (QED) is 0.634. The van der Waals surface area contributed by atoms with Crippen molar-refractivity contribution in [1.82, 2.24) is 9.97 Å². The van der Waals surface area contributed by atoms with Gasteiger partial charge in [0.25, 0.3) is 0 Å². The number of aryl methyl sites for hydroxylation is 1. The number of nitrogen functional groups attached to an aromatic ring is 1. The minimum absolute atomic E-state index is 0.328. The Hall–Kier alpha value is -1.32. The molecule has 4 nitrogen and oxygen atoms in total. The van der Waals surface area contributed by atoms with Gasteiger partial charge in [0.2, 0.25) is 5.95 Å². The number of nitrogens with zero attached hydrogens (tertiary/aromatic N) is 3. The van der Waals surface area contributed by atoms with Gasteiger partial charge in [0.05, 0.1) is 0 Å². The van der Waals surface area contributed by atoms with Crippen molar-refractivity contribution in [2.75, 3.05) is 24.7 Å². The van der Waals surface area contributed by atoms with Crippen molar-refractivity contribution in [3.05, 3.63) is 11.8 Å². The zero-order valence-electron chi connectivity index (χ0n) is 7.00. The molecule has 0 bridgehead atoms. The third-order valence-corrected chi connectivity index (χ3v) is 1.32. The van der Waals surface area contributed by atoms with Crippen LogP contribution in [0.5, 0.6) is 0 Å². The molecule has 0 spiro atoms. The molecule has 0 aliphatic rings. The van der Waals surface area contributed by atoms with Crippen LogP contribution in [0, 0.1) is 6.92 Å². The van der Waals surface area contributed by atoms with E-state index in [1.165, 1.54) is 0 Å².